The molecule has 0 spiro atoms. The minimum absolute atomic E-state index is 0.0906. The fraction of sp³-hybridized carbons (Fsp3) is 0.409. The van der Waals surface area contributed by atoms with Gasteiger partial charge in [-0.1, -0.05) is 11.6 Å². The van der Waals surface area contributed by atoms with Crippen LogP contribution < -0.4 is 5.73 Å². The Morgan fingerprint density at radius 2 is 1.97 bits per heavy atom. The lowest BCUT2D eigenvalue weighted by atomic mass is 9.98. The molecular formula is C22H23ClFN5O. The van der Waals surface area contributed by atoms with Crippen LogP contribution in [0.2, 0.25) is 5.02 Å². The van der Waals surface area contributed by atoms with Crippen molar-refractivity contribution in [3.05, 3.63) is 57.8 Å². The lowest BCUT2D eigenvalue weighted by Crippen LogP contribution is -2.39. The summed E-state index contributed by atoms with van der Waals surface area (Å²) in [5.41, 5.74) is 10.0. The van der Waals surface area contributed by atoms with Gasteiger partial charge in [-0.05, 0) is 57.2 Å². The number of fused-ring (bicyclic) bond motifs is 1. The van der Waals surface area contributed by atoms with Gasteiger partial charge in [0.15, 0.2) is 5.65 Å². The average Bonchev–Trinajstić information content (AvgIpc) is 3.49. The molecule has 5 rings (SSSR count). The Bertz CT molecular complexity index is 1160. The molecule has 1 atom stereocenters. The SMILES string of the molecule is Cc1cc(C2CC2)nc2cc(C3CCCCN3C(=O)c3cc(Cl)c(F)cc3N)nn12. The van der Waals surface area contributed by atoms with Crippen LogP contribution in [0, 0.1) is 12.7 Å². The van der Waals surface area contributed by atoms with Crippen LogP contribution in [0.3, 0.4) is 0 Å². The van der Waals surface area contributed by atoms with E-state index < -0.39 is 5.82 Å². The van der Waals surface area contributed by atoms with Crippen molar-refractivity contribution in [2.75, 3.05) is 12.3 Å². The summed E-state index contributed by atoms with van der Waals surface area (Å²) in [6, 6.07) is 6.33. The number of amides is 1. The molecule has 2 aromatic heterocycles. The number of benzene rings is 1. The molecular weight excluding hydrogens is 405 g/mol. The Morgan fingerprint density at radius 1 is 1.17 bits per heavy atom. The number of carbonyl (C=O) groups is 1. The third-order valence-electron chi connectivity index (χ3n) is 6.07. The molecule has 1 saturated heterocycles. The van der Waals surface area contributed by atoms with Crippen molar-refractivity contribution in [2.24, 2.45) is 0 Å². The molecule has 2 aliphatic rings. The highest BCUT2D eigenvalue weighted by molar-refractivity contribution is 6.31. The lowest BCUT2D eigenvalue weighted by Gasteiger charge is -2.35. The van der Waals surface area contributed by atoms with Gasteiger partial charge in [-0.2, -0.15) is 5.10 Å². The van der Waals surface area contributed by atoms with E-state index in [-0.39, 0.29) is 28.2 Å². The van der Waals surface area contributed by atoms with Gasteiger partial charge in [-0.15, -0.1) is 0 Å². The van der Waals surface area contributed by atoms with Crippen molar-refractivity contribution in [3.8, 4) is 0 Å². The zero-order valence-electron chi connectivity index (χ0n) is 16.7. The van der Waals surface area contributed by atoms with Crippen LogP contribution in [0.25, 0.3) is 5.65 Å². The van der Waals surface area contributed by atoms with Gasteiger partial charge in [0.1, 0.15) is 5.82 Å². The number of aryl methyl sites for hydroxylation is 1. The van der Waals surface area contributed by atoms with Crippen molar-refractivity contribution in [1.29, 1.82) is 0 Å². The van der Waals surface area contributed by atoms with Gasteiger partial charge in [0.05, 0.1) is 22.3 Å². The van der Waals surface area contributed by atoms with Gasteiger partial charge in [0, 0.05) is 35.6 Å². The first-order chi connectivity index (χ1) is 14.4. The van der Waals surface area contributed by atoms with E-state index in [1.807, 2.05) is 17.5 Å². The van der Waals surface area contributed by atoms with Crippen LogP contribution >= 0.6 is 11.6 Å². The summed E-state index contributed by atoms with van der Waals surface area (Å²) in [5.74, 6) is -0.320. The van der Waals surface area contributed by atoms with E-state index in [1.165, 1.54) is 18.9 Å². The topological polar surface area (TPSA) is 76.5 Å². The van der Waals surface area contributed by atoms with Gasteiger partial charge in [-0.3, -0.25) is 4.79 Å². The number of anilines is 1. The molecule has 1 unspecified atom stereocenters. The first-order valence-electron chi connectivity index (χ1n) is 10.3. The Balaban J connectivity index is 1.52. The van der Waals surface area contributed by atoms with E-state index in [0.717, 1.165) is 48.1 Å². The van der Waals surface area contributed by atoms with Crippen molar-refractivity contribution in [1.82, 2.24) is 19.5 Å². The summed E-state index contributed by atoms with van der Waals surface area (Å²) in [6.45, 7) is 2.62. The van der Waals surface area contributed by atoms with Crippen molar-refractivity contribution in [3.63, 3.8) is 0 Å². The van der Waals surface area contributed by atoms with E-state index in [2.05, 4.69) is 6.07 Å². The maximum Gasteiger partial charge on any atom is 0.256 e. The Morgan fingerprint density at radius 3 is 2.73 bits per heavy atom. The molecule has 156 valence electrons. The minimum Gasteiger partial charge on any atom is -0.398 e. The van der Waals surface area contributed by atoms with E-state index in [4.69, 9.17) is 27.4 Å². The smallest absolute Gasteiger partial charge is 0.256 e. The van der Waals surface area contributed by atoms with Crippen molar-refractivity contribution < 1.29 is 9.18 Å². The summed E-state index contributed by atoms with van der Waals surface area (Å²) in [4.78, 5) is 19.9. The summed E-state index contributed by atoms with van der Waals surface area (Å²) < 4.78 is 15.5. The van der Waals surface area contributed by atoms with Gasteiger partial charge < -0.3 is 10.6 Å². The molecule has 2 N–H and O–H groups in total. The van der Waals surface area contributed by atoms with Gasteiger partial charge in [0.2, 0.25) is 0 Å². The quantitative estimate of drug-likeness (QED) is 0.617. The van der Waals surface area contributed by atoms with Crippen LogP contribution in [-0.4, -0.2) is 31.9 Å². The highest BCUT2D eigenvalue weighted by Gasteiger charge is 2.32. The first-order valence-corrected chi connectivity index (χ1v) is 10.7. The van der Waals surface area contributed by atoms with Crippen LogP contribution in [0.15, 0.2) is 24.3 Å². The molecule has 3 aromatic rings. The molecule has 2 fully saturated rings. The number of nitrogen functional groups attached to an aromatic ring is 1. The predicted molar refractivity (Wildman–Crippen MR) is 113 cm³/mol. The molecule has 30 heavy (non-hydrogen) atoms. The molecule has 8 heteroatoms. The molecule has 0 radical (unpaired) electrons. The molecule has 0 bridgehead atoms. The lowest BCUT2D eigenvalue weighted by molar-refractivity contribution is 0.0607. The predicted octanol–water partition coefficient (Wildman–Crippen LogP) is 4.66. The van der Waals surface area contributed by atoms with Gasteiger partial charge in [0.25, 0.3) is 5.91 Å². The normalized spacial score (nSPS) is 19.4. The second-order valence-electron chi connectivity index (χ2n) is 8.30. The third-order valence-corrected chi connectivity index (χ3v) is 6.36. The fourth-order valence-corrected chi connectivity index (χ4v) is 4.47. The number of hydrogen-bond donors (Lipinski definition) is 1. The highest BCUT2D eigenvalue weighted by atomic mass is 35.5. The number of likely N-dealkylation sites (tertiary alicyclic amines) is 1. The van der Waals surface area contributed by atoms with E-state index in [0.29, 0.717) is 12.5 Å². The van der Waals surface area contributed by atoms with Crippen LogP contribution in [-0.2, 0) is 0 Å². The molecule has 1 aliphatic carbocycles. The van der Waals surface area contributed by atoms with Crippen molar-refractivity contribution >= 4 is 28.8 Å². The van der Waals surface area contributed by atoms with Crippen LogP contribution in [0.5, 0.6) is 0 Å². The maximum absolute atomic E-state index is 13.7. The number of piperidine rings is 1. The summed E-state index contributed by atoms with van der Waals surface area (Å²) in [6.07, 6.45) is 5.08. The molecule has 1 aliphatic heterocycles. The number of halogens is 2. The summed E-state index contributed by atoms with van der Waals surface area (Å²) in [7, 11) is 0. The molecule has 1 saturated carbocycles. The van der Waals surface area contributed by atoms with Crippen LogP contribution in [0.4, 0.5) is 10.1 Å². The maximum atomic E-state index is 13.7. The monoisotopic (exact) mass is 427 g/mol. The largest absolute Gasteiger partial charge is 0.398 e. The summed E-state index contributed by atoms with van der Waals surface area (Å²) in [5, 5.41) is 4.67. The van der Waals surface area contributed by atoms with E-state index in [9.17, 15) is 9.18 Å². The van der Waals surface area contributed by atoms with E-state index in [1.54, 1.807) is 4.90 Å². The zero-order valence-corrected chi connectivity index (χ0v) is 17.5. The van der Waals surface area contributed by atoms with Gasteiger partial charge in [-0.25, -0.2) is 13.9 Å². The molecule has 1 amide bonds. The van der Waals surface area contributed by atoms with Gasteiger partial charge >= 0.3 is 0 Å². The standard InChI is InChI=1S/C22H23ClFN5O/c1-12-8-18(13-5-6-13)26-21-11-19(27-29(12)21)20-4-2-3-7-28(20)22(30)14-9-15(23)16(24)10-17(14)25/h8-11,13,20H,2-7,25H2,1H3. The van der Waals surface area contributed by atoms with E-state index >= 15 is 0 Å². The number of hydrogen-bond acceptors (Lipinski definition) is 4. The van der Waals surface area contributed by atoms with Crippen molar-refractivity contribution in [2.45, 2.75) is 51.0 Å². The summed E-state index contributed by atoms with van der Waals surface area (Å²) >= 11 is 5.91. The molecule has 3 heterocycles. The molecule has 6 nitrogen and oxygen atoms in total. The fourth-order valence-electron chi connectivity index (χ4n) is 4.30. The number of carbonyl (C=O) groups excluding carboxylic acids is 1. The number of nitrogens with two attached hydrogens (primary N) is 1. The Kier molecular flexibility index (Phi) is 4.65. The second-order valence-corrected chi connectivity index (χ2v) is 8.71. The minimum atomic E-state index is -0.630. The number of aromatic nitrogens is 3. The Hall–Kier alpha value is -2.67. The number of rotatable bonds is 3. The molecule has 1 aromatic carbocycles. The van der Waals surface area contributed by atoms with Crippen LogP contribution in [0.1, 0.15) is 71.5 Å². The Labute approximate surface area is 178 Å². The average molecular weight is 428 g/mol. The first kappa shape index (κ1) is 19.3. The highest BCUT2D eigenvalue weighted by Crippen LogP contribution is 2.40. The number of nitrogens with zero attached hydrogens (tertiary/aromatic N) is 4. The zero-order chi connectivity index (χ0) is 21.0. The second kappa shape index (κ2) is 7.23. The third kappa shape index (κ3) is 3.31.